The first kappa shape index (κ1) is 17.1. The van der Waals surface area contributed by atoms with E-state index in [1.165, 1.54) is 4.31 Å². The number of hydrogen-bond donors (Lipinski definition) is 0. The van der Waals surface area contributed by atoms with Crippen LogP contribution in [0.3, 0.4) is 0 Å². The molecule has 0 unspecified atom stereocenters. The third-order valence-electron chi connectivity index (χ3n) is 2.99. The van der Waals surface area contributed by atoms with Crippen molar-refractivity contribution in [3.8, 4) is 0 Å². The summed E-state index contributed by atoms with van der Waals surface area (Å²) < 4.78 is 12.3. The van der Waals surface area contributed by atoms with Crippen LogP contribution in [0.5, 0.6) is 0 Å². The van der Waals surface area contributed by atoms with Gasteiger partial charge in [-0.05, 0) is 43.2 Å². The van der Waals surface area contributed by atoms with Crippen LogP contribution in [-0.2, 0) is 0 Å². The summed E-state index contributed by atoms with van der Waals surface area (Å²) >= 11 is 11.3. The second kappa shape index (κ2) is 6.90. The van der Waals surface area contributed by atoms with Crippen molar-refractivity contribution in [2.24, 2.45) is 0 Å². The number of halogens is 3. The van der Waals surface area contributed by atoms with Crippen molar-refractivity contribution >= 4 is 46.7 Å². The van der Waals surface area contributed by atoms with Crippen molar-refractivity contribution in [1.82, 2.24) is 0 Å². The molecular weight excluding hydrogens is 344 g/mol. The minimum atomic E-state index is -2.61. The average Bonchev–Trinajstić information content (AvgIpc) is 2.44. The molecule has 2 rings (SSSR count). The normalized spacial score (nSPS) is 11.3. The Morgan fingerprint density at radius 1 is 1.14 bits per heavy atom. The molecule has 0 heterocycles. The summed E-state index contributed by atoms with van der Waals surface area (Å²) in [5.74, 6) is -0.378. The quantitative estimate of drug-likeness (QED) is 0.519. The summed E-state index contributed by atoms with van der Waals surface area (Å²) in [7, 11) is 0. The Morgan fingerprint density at radius 3 is 2.41 bits per heavy atom. The van der Waals surface area contributed by atoms with Gasteiger partial charge in [0.05, 0.1) is 5.69 Å². The molecular formula is C16H14Cl2FNOS. The Morgan fingerprint density at radius 2 is 1.82 bits per heavy atom. The van der Waals surface area contributed by atoms with Gasteiger partial charge in [0.25, 0.3) is 5.91 Å². The van der Waals surface area contributed by atoms with Crippen LogP contribution in [-0.4, -0.2) is 9.83 Å². The van der Waals surface area contributed by atoms with Gasteiger partial charge in [0, 0.05) is 17.5 Å². The summed E-state index contributed by atoms with van der Waals surface area (Å²) in [6.45, 7) is 3.70. The van der Waals surface area contributed by atoms with Crippen molar-refractivity contribution in [3.05, 3.63) is 65.2 Å². The Labute approximate surface area is 143 Å². The average molecular weight is 358 g/mol. The van der Waals surface area contributed by atoms with Crippen molar-refractivity contribution in [3.63, 3.8) is 0 Å². The minimum Gasteiger partial charge on any atom is -0.268 e. The predicted molar refractivity (Wildman–Crippen MR) is 92.3 cm³/mol. The Balaban J connectivity index is 2.45. The SMILES string of the molecule is Cc1cccc(N(SC(F)(Cl)Cl)C(=O)c2ccccc2C)c1. The van der Waals surface area contributed by atoms with Gasteiger partial charge in [-0.25, -0.2) is 4.31 Å². The molecule has 0 aliphatic heterocycles. The number of nitrogens with zero attached hydrogens (tertiary/aromatic N) is 1. The monoisotopic (exact) mass is 357 g/mol. The molecule has 0 radical (unpaired) electrons. The van der Waals surface area contributed by atoms with E-state index in [0.29, 0.717) is 23.2 Å². The lowest BCUT2D eigenvalue weighted by atomic mass is 10.1. The van der Waals surface area contributed by atoms with E-state index in [1.807, 2.05) is 32.0 Å². The molecule has 0 atom stereocenters. The van der Waals surface area contributed by atoms with E-state index in [4.69, 9.17) is 23.2 Å². The molecule has 116 valence electrons. The highest BCUT2D eigenvalue weighted by molar-refractivity contribution is 8.05. The lowest BCUT2D eigenvalue weighted by Crippen LogP contribution is -2.27. The van der Waals surface area contributed by atoms with Crippen LogP contribution in [0.2, 0.25) is 0 Å². The fraction of sp³-hybridized carbons (Fsp3) is 0.188. The summed E-state index contributed by atoms with van der Waals surface area (Å²) in [5, 5.41) is 0. The maximum Gasteiger partial charge on any atom is 0.324 e. The Hall–Kier alpha value is -1.23. The summed E-state index contributed by atoms with van der Waals surface area (Å²) in [6, 6.07) is 14.2. The predicted octanol–water partition coefficient (Wildman–Crippen LogP) is 5.66. The van der Waals surface area contributed by atoms with E-state index in [1.54, 1.807) is 30.3 Å². The van der Waals surface area contributed by atoms with Crippen LogP contribution in [0.1, 0.15) is 21.5 Å². The molecule has 0 aliphatic rings. The molecule has 0 aliphatic carbocycles. The van der Waals surface area contributed by atoms with Crippen molar-refractivity contribution < 1.29 is 9.18 Å². The van der Waals surface area contributed by atoms with Crippen LogP contribution < -0.4 is 4.31 Å². The second-order valence-corrected chi connectivity index (χ2v) is 7.58. The van der Waals surface area contributed by atoms with Gasteiger partial charge in [-0.1, -0.05) is 53.5 Å². The van der Waals surface area contributed by atoms with Gasteiger partial charge >= 0.3 is 3.92 Å². The molecule has 22 heavy (non-hydrogen) atoms. The van der Waals surface area contributed by atoms with Gasteiger partial charge in [0.1, 0.15) is 0 Å². The van der Waals surface area contributed by atoms with Crippen molar-refractivity contribution in [1.29, 1.82) is 0 Å². The lowest BCUT2D eigenvalue weighted by molar-refractivity contribution is 0.101. The van der Waals surface area contributed by atoms with E-state index in [2.05, 4.69) is 0 Å². The Bertz CT molecular complexity index is 688. The molecule has 6 heteroatoms. The minimum absolute atomic E-state index is 0.378. The van der Waals surface area contributed by atoms with E-state index in [9.17, 15) is 9.18 Å². The summed E-state index contributed by atoms with van der Waals surface area (Å²) in [6.07, 6.45) is 0. The molecule has 0 fully saturated rings. The molecule has 0 saturated carbocycles. The number of alkyl halides is 3. The molecule has 0 saturated heterocycles. The fourth-order valence-electron chi connectivity index (χ4n) is 1.99. The maximum absolute atomic E-state index is 13.7. The molecule has 0 aromatic heterocycles. The van der Waals surface area contributed by atoms with Crippen molar-refractivity contribution in [2.75, 3.05) is 4.31 Å². The second-order valence-electron chi connectivity index (χ2n) is 4.79. The zero-order valence-electron chi connectivity index (χ0n) is 12.0. The molecule has 1 amide bonds. The summed E-state index contributed by atoms with van der Waals surface area (Å²) in [4.78, 5) is 12.8. The molecule has 2 aromatic carbocycles. The van der Waals surface area contributed by atoms with Crippen LogP contribution in [0.4, 0.5) is 10.1 Å². The molecule has 0 spiro atoms. The van der Waals surface area contributed by atoms with Gasteiger partial charge < -0.3 is 0 Å². The van der Waals surface area contributed by atoms with Gasteiger partial charge in [-0.2, -0.15) is 4.39 Å². The molecule has 0 N–H and O–H groups in total. The highest BCUT2D eigenvalue weighted by Crippen LogP contribution is 2.41. The highest BCUT2D eigenvalue weighted by Gasteiger charge is 2.32. The number of rotatable bonds is 4. The zero-order chi connectivity index (χ0) is 16.3. The first-order valence-electron chi connectivity index (χ1n) is 6.50. The number of anilines is 1. The topological polar surface area (TPSA) is 20.3 Å². The third kappa shape index (κ3) is 4.38. The van der Waals surface area contributed by atoms with Gasteiger partial charge in [-0.15, -0.1) is 0 Å². The van der Waals surface area contributed by atoms with E-state index in [0.717, 1.165) is 11.1 Å². The first-order chi connectivity index (χ1) is 10.3. The first-order valence-corrected chi connectivity index (χ1v) is 8.03. The standard InChI is InChI=1S/C16H14Cl2FNOS/c1-11-6-5-8-13(10-11)20(22-16(17,18)19)15(21)14-9-4-3-7-12(14)2/h3-10H,1-2H3. The van der Waals surface area contributed by atoms with Crippen molar-refractivity contribution in [2.45, 2.75) is 17.8 Å². The molecule has 2 aromatic rings. The number of carbonyl (C=O) groups excluding carboxylic acids is 1. The van der Waals surface area contributed by atoms with Crippen LogP contribution in [0.25, 0.3) is 0 Å². The number of benzene rings is 2. The fourth-order valence-corrected chi connectivity index (χ4v) is 3.01. The van der Waals surface area contributed by atoms with Gasteiger partial charge in [-0.3, -0.25) is 4.79 Å². The van der Waals surface area contributed by atoms with Crippen LogP contribution in [0, 0.1) is 13.8 Å². The largest absolute Gasteiger partial charge is 0.324 e. The molecule has 2 nitrogen and oxygen atoms in total. The van der Waals surface area contributed by atoms with E-state index >= 15 is 0 Å². The number of hydrogen-bond acceptors (Lipinski definition) is 2. The van der Waals surface area contributed by atoms with Gasteiger partial charge in [0.15, 0.2) is 0 Å². The highest BCUT2D eigenvalue weighted by atomic mass is 35.5. The van der Waals surface area contributed by atoms with Crippen LogP contribution in [0.15, 0.2) is 48.5 Å². The maximum atomic E-state index is 13.7. The zero-order valence-corrected chi connectivity index (χ0v) is 14.3. The number of carbonyl (C=O) groups is 1. The van der Waals surface area contributed by atoms with Crippen LogP contribution >= 0.6 is 35.1 Å². The smallest absolute Gasteiger partial charge is 0.268 e. The number of amides is 1. The van der Waals surface area contributed by atoms with E-state index < -0.39 is 3.92 Å². The van der Waals surface area contributed by atoms with Gasteiger partial charge in [0.2, 0.25) is 0 Å². The number of aryl methyl sites for hydroxylation is 2. The summed E-state index contributed by atoms with van der Waals surface area (Å²) in [5.41, 5.74) is 2.71. The van der Waals surface area contributed by atoms with E-state index in [-0.39, 0.29) is 5.91 Å². The molecule has 0 bridgehead atoms. The lowest BCUT2D eigenvalue weighted by Gasteiger charge is -2.24. The Kier molecular flexibility index (Phi) is 5.37. The third-order valence-corrected chi connectivity index (χ3v) is 4.17.